The normalized spacial score (nSPS) is 11.7. The second-order valence-corrected chi connectivity index (χ2v) is 9.73. The highest BCUT2D eigenvalue weighted by molar-refractivity contribution is 8.01. The molecule has 1 atom stereocenters. The molecule has 2 aromatic carbocycles. The monoisotopic (exact) mass is 486 g/mol. The number of hydrogen-bond donors (Lipinski definition) is 2. The second kappa shape index (κ2) is 10.6. The third kappa shape index (κ3) is 5.64. The van der Waals surface area contributed by atoms with Crippen molar-refractivity contribution in [3.8, 4) is 5.75 Å². The van der Waals surface area contributed by atoms with Gasteiger partial charge in [-0.05, 0) is 41.3 Å². The summed E-state index contributed by atoms with van der Waals surface area (Å²) in [5, 5.41) is 17.1. The van der Waals surface area contributed by atoms with Crippen molar-refractivity contribution >= 4 is 51.2 Å². The fourth-order valence-electron chi connectivity index (χ4n) is 2.94. The Hall–Kier alpha value is -2.95. The van der Waals surface area contributed by atoms with Gasteiger partial charge < -0.3 is 15.4 Å². The Bertz CT molecular complexity index is 1170. The first-order valence-corrected chi connectivity index (χ1v) is 12.2. The minimum absolute atomic E-state index is 0.146. The molecule has 1 amide bonds. The van der Waals surface area contributed by atoms with Gasteiger partial charge in [0.25, 0.3) is 0 Å². The van der Waals surface area contributed by atoms with E-state index in [1.54, 1.807) is 19.2 Å². The Balaban J connectivity index is 1.37. The first-order valence-electron chi connectivity index (χ1n) is 9.57. The molecule has 0 aliphatic rings. The number of nitrogens with one attached hydrogen (secondary N) is 2. The van der Waals surface area contributed by atoms with Gasteiger partial charge >= 0.3 is 0 Å². The maximum atomic E-state index is 13.3. The summed E-state index contributed by atoms with van der Waals surface area (Å²) >= 11 is 4.21. The molecule has 1 unspecified atom stereocenters. The molecule has 0 aliphatic heterocycles. The van der Waals surface area contributed by atoms with E-state index in [9.17, 15) is 9.18 Å². The molecule has 4 aromatic rings. The Morgan fingerprint density at radius 3 is 2.69 bits per heavy atom. The number of aromatic nitrogens is 2. The molecular formula is C22H19FN4O2S3. The average molecular weight is 487 g/mol. The summed E-state index contributed by atoms with van der Waals surface area (Å²) in [4.78, 5) is 13.6. The summed E-state index contributed by atoms with van der Waals surface area (Å²) in [6, 6.07) is 17.2. The van der Waals surface area contributed by atoms with Crippen LogP contribution in [0, 0.1) is 5.82 Å². The van der Waals surface area contributed by atoms with E-state index in [-0.39, 0.29) is 23.5 Å². The lowest BCUT2D eigenvalue weighted by molar-refractivity contribution is -0.119. The van der Waals surface area contributed by atoms with Gasteiger partial charge in [-0.25, -0.2) is 4.39 Å². The number of amides is 1. The summed E-state index contributed by atoms with van der Waals surface area (Å²) in [7, 11) is 1.61. The molecule has 10 heteroatoms. The number of para-hydroxylation sites is 2. The molecule has 4 rings (SSSR count). The van der Waals surface area contributed by atoms with Crippen LogP contribution in [0.3, 0.4) is 0 Å². The van der Waals surface area contributed by atoms with E-state index in [2.05, 4.69) is 20.8 Å². The Morgan fingerprint density at radius 1 is 1.12 bits per heavy atom. The van der Waals surface area contributed by atoms with Gasteiger partial charge in [0.05, 0.1) is 24.6 Å². The maximum Gasteiger partial charge on any atom is 0.231 e. The van der Waals surface area contributed by atoms with Gasteiger partial charge in [0.2, 0.25) is 11.0 Å². The number of anilines is 2. The third-order valence-electron chi connectivity index (χ3n) is 4.42. The van der Waals surface area contributed by atoms with Crippen LogP contribution >= 0.6 is 34.4 Å². The second-order valence-electron chi connectivity index (χ2n) is 6.55. The first kappa shape index (κ1) is 22.3. The predicted octanol–water partition coefficient (Wildman–Crippen LogP) is 5.49. The minimum Gasteiger partial charge on any atom is -0.495 e. The van der Waals surface area contributed by atoms with Crippen LogP contribution in [-0.2, 0) is 4.79 Å². The topological polar surface area (TPSA) is 76.1 Å². The van der Waals surface area contributed by atoms with Crippen molar-refractivity contribution in [2.24, 2.45) is 0 Å². The first-order chi connectivity index (χ1) is 15.6. The van der Waals surface area contributed by atoms with E-state index < -0.39 is 0 Å². The number of thiophene rings is 1. The number of methoxy groups -OCH3 is 1. The van der Waals surface area contributed by atoms with Crippen LogP contribution in [0.5, 0.6) is 5.75 Å². The fraction of sp³-hybridized carbons (Fsp3) is 0.136. The van der Waals surface area contributed by atoms with Crippen LogP contribution in [0.2, 0.25) is 0 Å². The van der Waals surface area contributed by atoms with Crippen LogP contribution in [0.25, 0.3) is 0 Å². The standard InChI is InChI=1S/C22H19FN4O2S3/c1-29-17-6-3-2-5-16(17)24-21-26-27-22(32-21)31-13-19(28)25-20(18-7-4-12-30-18)14-8-10-15(23)11-9-14/h2-12,20H,13H2,1H3,(H,24,26)(H,25,28). The summed E-state index contributed by atoms with van der Waals surface area (Å²) in [6.45, 7) is 0. The smallest absolute Gasteiger partial charge is 0.231 e. The quantitative estimate of drug-likeness (QED) is 0.305. The molecule has 0 radical (unpaired) electrons. The van der Waals surface area contributed by atoms with Crippen molar-refractivity contribution in [2.75, 3.05) is 18.2 Å². The number of thioether (sulfide) groups is 1. The number of nitrogens with zero attached hydrogens (tertiary/aromatic N) is 2. The average Bonchev–Trinajstić information content (AvgIpc) is 3.50. The van der Waals surface area contributed by atoms with Crippen molar-refractivity contribution in [1.29, 1.82) is 0 Å². The van der Waals surface area contributed by atoms with Gasteiger partial charge in [0.1, 0.15) is 11.6 Å². The third-order valence-corrected chi connectivity index (χ3v) is 7.33. The molecule has 0 bridgehead atoms. The summed E-state index contributed by atoms with van der Waals surface area (Å²) < 4.78 is 19.3. The number of hydrogen-bond acceptors (Lipinski definition) is 8. The van der Waals surface area contributed by atoms with Crippen molar-refractivity contribution < 1.29 is 13.9 Å². The van der Waals surface area contributed by atoms with Crippen LogP contribution < -0.4 is 15.4 Å². The van der Waals surface area contributed by atoms with Crippen LogP contribution in [0.4, 0.5) is 15.2 Å². The van der Waals surface area contributed by atoms with Crippen molar-refractivity contribution in [3.05, 3.63) is 82.3 Å². The maximum absolute atomic E-state index is 13.3. The van der Waals surface area contributed by atoms with E-state index in [1.807, 2.05) is 41.8 Å². The summed E-state index contributed by atoms with van der Waals surface area (Å²) in [6.07, 6.45) is 0. The van der Waals surface area contributed by atoms with E-state index >= 15 is 0 Å². The largest absolute Gasteiger partial charge is 0.495 e. The molecule has 32 heavy (non-hydrogen) atoms. The molecule has 0 aliphatic carbocycles. The van der Waals surface area contributed by atoms with E-state index in [4.69, 9.17) is 4.74 Å². The molecule has 0 saturated carbocycles. The van der Waals surface area contributed by atoms with Crippen LogP contribution in [-0.4, -0.2) is 29.0 Å². The van der Waals surface area contributed by atoms with Gasteiger partial charge in [-0.1, -0.05) is 53.4 Å². The van der Waals surface area contributed by atoms with Crippen molar-refractivity contribution in [1.82, 2.24) is 15.5 Å². The number of ether oxygens (including phenoxy) is 1. The number of rotatable bonds is 9. The molecule has 2 aromatic heterocycles. The zero-order valence-corrected chi connectivity index (χ0v) is 19.4. The SMILES string of the molecule is COc1ccccc1Nc1nnc(SCC(=O)NC(c2ccc(F)cc2)c2cccs2)s1. The molecule has 2 heterocycles. The van der Waals surface area contributed by atoms with Gasteiger partial charge in [0.15, 0.2) is 4.34 Å². The minimum atomic E-state index is -0.333. The fourth-order valence-corrected chi connectivity index (χ4v) is 5.32. The highest BCUT2D eigenvalue weighted by Gasteiger charge is 2.19. The van der Waals surface area contributed by atoms with E-state index in [1.165, 1.54) is 46.6 Å². The highest BCUT2D eigenvalue weighted by atomic mass is 32.2. The van der Waals surface area contributed by atoms with E-state index in [0.29, 0.717) is 15.2 Å². The molecule has 0 saturated heterocycles. The zero-order valence-electron chi connectivity index (χ0n) is 16.9. The summed E-state index contributed by atoms with van der Waals surface area (Å²) in [5.74, 6) is 0.435. The zero-order chi connectivity index (χ0) is 22.3. The predicted molar refractivity (Wildman–Crippen MR) is 128 cm³/mol. The van der Waals surface area contributed by atoms with Crippen LogP contribution in [0.1, 0.15) is 16.5 Å². The molecule has 6 nitrogen and oxygen atoms in total. The number of benzene rings is 2. The molecular weight excluding hydrogens is 467 g/mol. The highest BCUT2D eigenvalue weighted by Crippen LogP contribution is 2.32. The molecule has 0 spiro atoms. The Labute approximate surface area is 196 Å². The van der Waals surface area contributed by atoms with Crippen molar-refractivity contribution in [2.45, 2.75) is 10.4 Å². The summed E-state index contributed by atoms with van der Waals surface area (Å²) in [5.41, 5.74) is 1.62. The lowest BCUT2D eigenvalue weighted by Crippen LogP contribution is -2.30. The molecule has 164 valence electrons. The van der Waals surface area contributed by atoms with Crippen molar-refractivity contribution in [3.63, 3.8) is 0 Å². The van der Waals surface area contributed by atoms with Gasteiger partial charge in [0, 0.05) is 4.88 Å². The van der Waals surface area contributed by atoms with Gasteiger partial charge in [-0.15, -0.1) is 21.5 Å². The lowest BCUT2D eigenvalue weighted by Gasteiger charge is -2.18. The number of carbonyl (C=O) groups excluding carboxylic acids is 1. The number of halogens is 1. The lowest BCUT2D eigenvalue weighted by atomic mass is 10.1. The Morgan fingerprint density at radius 2 is 1.94 bits per heavy atom. The van der Waals surface area contributed by atoms with Gasteiger partial charge in [-0.3, -0.25) is 4.79 Å². The Kier molecular flexibility index (Phi) is 7.35. The number of carbonyl (C=O) groups is 1. The van der Waals surface area contributed by atoms with E-state index in [0.717, 1.165) is 16.1 Å². The molecule has 0 fully saturated rings. The van der Waals surface area contributed by atoms with Crippen LogP contribution in [0.15, 0.2) is 70.4 Å². The van der Waals surface area contributed by atoms with Gasteiger partial charge in [-0.2, -0.15) is 0 Å². The molecule has 2 N–H and O–H groups in total.